The number of aryl methyl sites for hydroxylation is 2. The third kappa shape index (κ3) is 6.92. The summed E-state index contributed by atoms with van der Waals surface area (Å²) in [5.74, 6) is 0.743. The van der Waals surface area contributed by atoms with Crippen molar-refractivity contribution in [1.29, 1.82) is 0 Å². The zero-order valence-corrected chi connectivity index (χ0v) is 22.6. The Morgan fingerprint density at radius 3 is 2.49 bits per heavy atom. The van der Waals surface area contributed by atoms with Crippen LogP contribution in [0.2, 0.25) is 0 Å². The van der Waals surface area contributed by atoms with Gasteiger partial charge in [-0.3, -0.25) is 10.1 Å². The average molecular weight is 516 g/mol. The van der Waals surface area contributed by atoms with Gasteiger partial charge in [-0.25, -0.2) is 0 Å². The van der Waals surface area contributed by atoms with Gasteiger partial charge in [0.05, 0.1) is 12.3 Å². The molecule has 0 aliphatic heterocycles. The summed E-state index contributed by atoms with van der Waals surface area (Å²) in [5.41, 5.74) is 5.91. The number of anilines is 1. The number of fused-ring (bicyclic) bond motifs is 1. The second-order valence-electron chi connectivity index (χ2n) is 9.56. The van der Waals surface area contributed by atoms with Crippen molar-refractivity contribution in [2.45, 2.75) is 47.0 Å². The summed E-state index contributed by atoms with van der Waals surface area (Å²) >= 11 is 5.42. The molecule has 0 saturated heterocycles. The van der Waals surface area contributed by atoms with Gasteiger partial charge in [0.15, 0.2) is 5.11 Å². The topological polar surface area (TPSA) is 81.1 Å². The number of carbonyl (C=O) groups is 1. The first-order valence-electron chi connectivity index (χ1n) is 12.6. The van der Waals surface area contributed by atoms with Gasteiger partial charge in [0.2, 0.25) is 0 Å². The van der Waals surface area contributed by atoms with Crippen molar-refractivity contribution in [2.24, 2.45) is 5.92 Å². The highest BCUT2D eigenvalue weighted by Crippen LogP contribution is 2.23. The van der Waals surface area contributed by atoms with Crippen LogP contribution in [0.1, 0.15) is 55.1 Å². The number of thiocarbonyl (C=S) groups is 1. The number of nitrogens with one attached hydrogen (secondary N) is 2. The van der Waals surface area contributed by atoms with Crippen LogP contribution in [0.25, 0.3) is 16.7 Å². The Labute approximate surface area is 223 Å². The first-order chi connectivity index (χ1) is 17.8. The van der Waals surface area contributed by atoms with Crippen LogP contribution in [0.15, 0.2) is 60.7 Å². The van der Waals surface area contributed by atoms with Crippen molar-refractivity contribution in [2.75, 3.05) is 11.9 Å². The summed E-state index contributed by atoms with van der Waals surface area (Å²) in [4.78, 5) is 14.4. The lowest BCUT2D eigenvalue weighted by Crippen LogP contribution is -2.34. The number of ether oxygens (including phenoxy) is 1. The van der Waals surface area contributed by atoms with Gasteiger partial charge in [0, 0.05) is 11.3 Å². The predicted molar refractivity (Wildman–Crippen MR) is 153 cm³/mol. The molecule has 8 heteroatoms. The fourth-order valence-electron chi connectivity index (χ4n) is 3.81. The standard InChI is InChI=1S/C29H33N5O2S/c1-5-6-8-21-11-13-23(14-12-21)34-32-26-15-20(4)25(17-27(26)33-34)30-29(37)31-28(35)22-9-7-10-24(16-22)36-18-19(2)3/h7,9-17,19H,5-6,8,18H2,1-4H3,(H2,30,31,35,37). The van der Waals surface area contributed by atoms with Gasteiger partial charge < -0.3 is 10.1 Å². The number of aromatic nitrogens is 3. The summed E-state index contributed by atoms with van der Waals surface area (Å²) in [7, 11) is 0. The molecule has 3 aromatic carbocycles. The SMILES string of the molecule is CCCCc1ccc(-n2nc3cc(C)c(NC(=S)NC(=O)c4cccc(OCC(C)C)c4)cc3n2)cc1. The van der Waals surface area contributed by atoms with Gasteiger partial charge >= 0.3 is 0 Å². The molecule has 1 aromatic heterocycles. The summed E-state index contributed by atoms with van der Waals surface area (Å²) in [6.07, 6.45) is 3.43. The first kappa shape index (κ1) is 26.3. The van der Waals surface area contributed by atoms with E-state index in [0.29, 0.717) is 23.8 Å². The molecule has 0 spiro atoms. The minimum Gasteiger partial charge on any atom is -0.493 e. The molecule has 0 saturated carbocycles. The molecule has 1 heterocycles. The van der Waals surface area contributed by atoms with Gasteiger partial charge in [-0.2, -0.15) is 4.80 Å². The Kier molecular flexibility index (Phi) is 8.50. The lowest BCUT2D eigenvalue weighted by atomic mass is 10.1. The smallest absolute Gasteiger partial charge is 0.257 e. The van der Waals surface area contributed by atoms with Gasteiger partial charge in [-0.15, -0.1) is 10.2 Å². The molecule has 2 N–H and O–H groups in total. The molecule has 0 fully saturated rings. The molecule has 0 unspecified atom stereocenters. The van der Waals surface area contributed by atoms with Crippen molar-refractivity contribution >= 4 is 40.0 Å². The minimum atomic E-state index is -0.306. The average Bonchev–Trinajstić information content (AvgIpc) is 3.29. The number of unbranched alkanes of at least 4 members (excludes halogenated alkanes) is 1. The highest BCUT2D eigenvalue weighted by atomic mass is 32.1. The van der Waals surface area contributed by atoms with E-state index in [4.69, 9.17) is 17.0 Å². The lowest BCUT2D eigenvalue weighted by Gasteiger charge is -2.13. The van der Waals surface area contributed by atoms with E-state index in [2.05, 4.69) is 53.7 Å². The predicted octanol–water partition coefficient (Wildman–Crippen LogP) is 6.23. The number of nitrogens with zero attached hydrogens (tertiary/aromatic N) is 3. The molecule has 37 heavy (non-hydrogen) atoms. The summed E-state index contributed by atoms with van der Waals surface area (Å²) < 4.78 is 5.73. The first-order valence-corrected chi connectivity index (χ1v) is 13.1. The Morgan fingerprint density at radius 2 is 1.78 bits per heavy atom. The molecular formula is C29H33N5O2S. The number of hydrogen-bond acceptors (Lipinski definition) is 5. The number of carbonyl (C=O) groups excluding carboxylic acids is 1. The maximum absolute atomic E-state index is 12.8. The van der Waals surface area contributed by atoms with E-state index in [1.54, 1.807) is 23.0 Å². The Morgan fingerprint density at radius 1 is 1.05 bits per heavy atom. The fourth-order valence-corrected chi connectivity index (χ4v) is 4.02. The monoisotopic (exact) mass is 515 g/mol. The number of hydrogen-bond donors (Lipinski definition) is 2. The highest BCUT2D eigenvalue weighted by molar-refractivity contribution is 7.80. The summed E-state index contributed by atoms with van der Waals surface area (Å²) in [6.45, 7) is 8.89. The normalized spacial score (nSPS) is 11.1. The Hall–Kier alpha value is -3.78. The van der Waals surface area contributed by atoms with Gasteiger partial charge in [-0.1, -0.05) is 45.4 Å². The van der Waals surface area contributed by atoms with Crippen LogP contribution < -0.4 is 15.4 Å². The van der Waals surface area contributed by atoms with E-state index in [1.165, 1.54) is 18.4 Å². The van der Waals surface area contributed by atoms with Crippen molar-refractivity contribution in [3.8, 4) is 11.4 Å². The third-order valence-electron chi connectivity index (χ3n) is 5.87. The van der Waals surface area contributed by atoms with Crippen molar-refractivity contribution in [3.05, 3.63) is 77.4 Å². The molecule has 0 bridgehead atoms. The molecule has 7 nitrogen and oxygen atoms in total. The number of amides is 1. The van der Waals surface area contributed by atoms with E-state index in [1.807, 2.05) is 37.3 Å². The van der Waals surface area contributed by atoms with E-state index < -0.39 is 0 Å². The van der Waals surface area contributed by atoms with E-state index in [9.17, 15) is 4.79 Å². The molecule has 1 amide bonds. The van der Waals surface area contributed by atoms with E-state index >= 15 is 0 Å². The second-order valence-corrected chi connectivity index (χ2v) is 9.96. The van der Waals surface area contributed by atoms with E-state index in [-0.39, 0.29) is 11.0 Å². The van der Waals surface area contributed by atoms with Crippen LogP contribution in [-0.2, 0) is 6.42 Å². The fraction of sp³-hybridized carbons (Fsp3) is 0.310. The van der Waals surface area contributed by atoms with Gasteiger partial charge in [-0.05, 0) is 91.5 Å². The molecule has 0 atom stereocenters. The van der Waals surface area contributed by atoms with Crippen LogP contribution in [-0.4, -0.2) is 32.6 Å². The maximum Gasteiger partial charge on any atom is 0.257 e. The van der Waals surface area contributed by atoms with Crippen molar-refractivity contribution in [3.63, 3.8) is 0 Å². The van der Waals surface area contributed by atoms with Crippen LogP contribution in [0.3, 0.4) is 0 Å². The van der Waals surface area contributed by atoms with Crippen LogP contribution >= 0.6 is 12.2 Å². The van der Waals surface area contributed by atoms with E-state index in [0.717, 1.165) is 34.4 Å². The molecule has 0 radical (unpaired) electrons. The highest BCUT2D eigenvalue weighted by Gasteiger charge is 2.13. The van der Waals surface area contributed by atoms with Crippen molar-refractivity contribution in [1.82, 2.24) is 20.3 Å². The van der Waals surface area contributed by atoms with Crippen LogP contribution in [0.5, 0.6) is 5.75 Å². The van der Waals surface area contributed by atoms with Crippen LogP contribution in [0.4, 0.5) is 5.69 Å². The molecule has 0 aliphatic carbocycles. The summed E-state index contributed by atoms with van der Waals surface area (Å²) in [6, 6.07) is 19.3. The second kappa shape index (κ2) is 12.0. The number of rotatable bonds is 9. The molecule has 192 valence electrons. The number of benzene rings is 3. The van der Waals surface area contributed by atoms with Gasteiger partial charge in [0.25, 0.3) is 5.91 Å². The zero-order valence-electron chi connectivity index (χ0n) is 21.7. The Bertz CT molecular complexity index is 1400. The third-order valence-corrected chi connectivity index (χ3v) is 6.07. The molecule has 4 rings (SSSR count). The zero-order chi connectivity index (χ0) is 26.4. The summed E-state index contributed by atoms with van der Waals surface area (Å²) in [5, 5.41) is 15.4. The quantitative estimate of drug-likeness (QED) is 0.257. The minimum absolute atomic E-state index is 0.205. The lowest BCUT2D eigenvalue weighted by molar-refractivity contribution is 0.0977. The largest absolute Gasteiger partial charge is 0.493 e. The van der Waals surface area contributed by atoms with Crippen molar-refractivity contribution < 1.29 is 9.53 Å². The maximum atomic E-state index is 12.8. The molecular weight excluding hydrogens is 482 g/mol. The van der Waals surface area contributed by atoms with Gasteiger partial charge in [0.1, 0.15) is 16.8 Å². The molecule has 0 aliphatic rings. The Balaban J connectivity index is 1.44. The molecule has 4 aromatic rings. The van der Waals surface area contributed by atoms with Crippen LogP contribution in [0, 0.1) is 12.8 Å².